The number of hydrogen-bond acceptors (Lipinski definition) is 3. The summed E-state index contributed by atoms with van der Waals surface area (Å²) in [5, 5.41) is 3.15. The number of rotatable bonds is 3. The summed E-state index contributed by atoms with van der Waals surface area (Å²) < 4.78 is 2.26. The average Bonchev–Trinajstić information content (AvgIpc) is 3.01. The van der Waals surface area contributed by atoms with Crippen LogP contribution in [0.5, 0.6) is 0 Å². The van der Waals surface area contributed by atoms with Crippen LogP contribution < -0.4 is 0 Å². The van der Waals surface area contributed by atoms with Crippen LogP contribution in [0.25, 0.3) is 0 Å². The molecule has 1 atom stereocenters. The van der Waals surface area contributed by atoms with Crippen molar-refractivity contribution in [1.82, 2.24) is 9.55 Å². The van der Waals surface area contributed by atoms with Gasteiger partial charge in [0.2, 0.25) is 0 Å². The van der Waals surface area contributed by atoms with Gasteiger partial charge in [-0.15, -0.1) is 11.3 Å². The van der Waals surface area contributed by atoms with Crippen LogP contribution in [-0.2, 0) is 6.42 Å². The van der Waals surface area contributed by atoms with Crippen LogP contribution in [0.1, 0.15) is 53.3 Å². The predicted octanol–water partition coefficient (Wildman–Crippen LogP) is 3.46. The van der Waals surface area contributed by atoms with E-state index in [1.807, 2.05) is 17.6 Å². The molecule has 3 rings (SSSR count). The molecule has 0 fully saturated rings. The summed E-state index contributed by atoms with van der Waals surface area (Å²) in [6, 6.07) is 2.26. The van der Waals surface area contributed by atoms with E-state index in [2.05, 4.69) is 22.7 Å². The Morgan fingerprint density at radius 3 is 3.11 bits per heavy atom. The number of aromatic nitrogens is 2. The molecule has 2 aromatic heterocycles. The molecule has 0 radical (unpaired) electrons. The topological polar surface area (TPSA) is 34.9 Å². The maximum Gasteiger partial charge on any atom is 0.164 e. The van der Waals surface area contributed by atoms with E-state index >= 15 is 0 Å². The molecule has 2 aromatic rings. The van der Waals surface area contributed by atoms with Crippen LogP contribution in [0.2, 0.25) is 0 Å². The zero-order chi connectivity index (χ0) is 12.5. The molecule has 0 aromatic carbocycles. The second-order valence-corrected chi connectivity index (χ2v) is 5.58. The minimum absolute atomic E-state index is 0.277. The van der Waals surface area contributed by atoms with Gasteiger partial charge in [0.15, 0.2) is 5.78 Å². The van der Waals surface area contributed by atoms with Crippen molar-refractivity contribution in [2.75, 3.05) is 0 Å². The standard InChI is InChI=1S/C14H16N2OS/c1-2-11(14-15-7-9-18-14)16-8-6-10-12(16)4-3-5-13(10)17/h6-9,11H,2-5H2,1H3. The first kappa shape index (κ1) is 11.7. The average molecular weight is 260 g/mol. The van der Waals surface area contributed by atoms with Gasteiger partial charge in [-0.05, 0) is 25.3 Å². The second-order valence-electron chi connectivity index (χ2n) is 4.65. The van der Waals surface area contributed by atoms with E-state index in [-0.39, 0.29) is 6.04 Å². The number of carbonyl (C=O) groups excluding carboxylic acids is 1. The number of Topliss-reactive ketones (excluding diaryl/α,β-unsaturated/α-hetero) is 1. The zero-order valence-electron chi connectivity index (χ0n) is 10.4. The molecule has 0 saturated heterocycles. The Bertz CT molecular complexity index is 556. The fraction of sp³-hybridized carbons (Fsp3) is 0.429. The molecular formula is C14H16N2OS. The van der Waals surface area contributed by atoms with Crippen LogP contribution in [0.15, 0.2) is 23.8 Å². The molecule has 94 valence electrons. The van der Waals surface area contributed by atoms with Gasteiger partial charge in [-0.2, -0.15) is 0 Å². The SMILES string of the molecule is CCC(c1nccs1)n1ccc2c1CCCC2=O. The number of nitrogens with zero attached hydrogens (tertiary/aromatic N) is 2. The van der Waals surface area contributed by atoms with Crippen molar-refractivity contribution < 1.29 is 4.79 Å². The smallest absolute Gasteiger partial charge is 0.164 e. The molecule has 0 aliphatic heterocycles. The van der Waals surface area contributed by atoms with Gasteiger partial charge < -0.3 is 4.57 Å². The van der Waals surface area contributed by atoms with Gasteiger partial charge in [0, 0.05) is 35.5 Å². The minimum atomic E-state index is 0.277. The van der Waals surface area contributed by atoms with E-state index in [4.69, 9.17) is 0 Å². The monoisotopic (exact) mass is 260 g/mol. The van der Waals surface area contributed by atoms with Gasteiger partial charge in [-0.1, -0.05) is 6.92 Å². The molecule has 1 unspecified atom stereocenters. The second kappa shape index (κ2) is 4.69. The summed E-state index contributed by atoms with van der Waals surface area (Å²) in [5.41, 5.74) is 2.13. The van der Waals surface area contributed by atoms with Gasteiger partial charge in [0.1, 0.15) is 5.01 Å². The highest BCUT2D eigenvalue weighted by Gasteiger charge is 2.24. The largest absolute Gasteiger partial charge is 0.341 e. The van der Waals surface area contributed by atoms with E-state index in [0.717, 1.165) is 29.8 Å². The van der Waals surface area contributed by atoms with E-state index < -0.39 is 0 Å². The summed E-state index contributed by atoms with van der Waals surface area (Å²) in [4.78, 5) is 16.3. The third-order valence-electron chi connectivity index (χ3n) is 3.60. The number of thiazole rings is 1. The summed E-state index contributed by atoms with van der Waals surface area (Å²) in [7, 11) is 0. The van der Waals surface area contributed by atoms with Gasteiger partial charge in [0.25, 0.3) is 0 Å². The Kier molecular flexibility index (Phi) is 3.04. The van der Waals surface area contributed by atoms with Crippen LogP contribution in [0, 0.1) is 0 Å². The number of ketones is 1. The van der Waals surface area contributed by atoms with Crippen LogP contribution >= 0.6 is 11.3 Å². The first-order valence-corrected chi connectivity index (χ1v) is 7.31. The van der Waals surface area contributed by atoms with E-state index in [9.17, 15) is 4.79 Å². The third kappa shape index (κ3) is 1.81. The third-order valence-corrected chi connectivity index (χ3v) is 4.48. The molecule has 2 heterocycles. The van der Waals surface area contributed by atoms with Crippen molar-refractivity contribution in [3.05, 3.63) is 40.1 Å². The highest BCUT2D eigenvalue weighted by Crippen LogP contribution is 2.30. The Labute approximate surface area is 110 Å². The van der Waals surface area contributed by atoms with E-state index in [0.29, 0.717) is 12.2 Å². The number of carbonyl (C=O) groups is 1. The molecule has 18 heavy (non-hydrogen) atoms. The molecule has 1 aliphatic carbocycles. The van der Waals surface area contributed by atoms with E-state index in [1.54, 1.807) is 11.3 Å². The molecular weight excluding hydrogens is 244 g/mol. The summed E-state index contributed by atoms with van der Waals surface area (Å²) in [6.45, 7) is 2.17. The van der Waals surface area contributed by atoms with E-state index in [1.165, 1.54) is 5.69 Å². The lowest BCUT2D eigenvalue weighted by Crippen LogP contribution is -2.17. The molecule has 3 nitrogen and oxygen atoms in total. The van der Waals surface area contributed by atoms with Gasteiger partial charge in [-0.25, -0.2) is 4.98 Å². The maximum absolute atomic E-state index is 11.9. The summed E-state index contributed by atoms with van der Waals surface area (Å²) in [5.74, 6) is 0.295. The van der Waals surface area contributed by atoms with Crippen LogP contribution in [0.3, 0.4) is 0 Å². The molecule has 0 saturated carbocycles. The highest BCUT2D eigenvalue weighted by atomic mass is 32.1. The zero-order valence-corrected chi connectivity index (χ0v) is 11.2. The first-order valence-electron chi connectivity index (χ1n) is 6.43. The van der Waals surface area contributed by atoms with Gasteiger partial charge in [0.05, 0.1) is 6.04 Å². The molecule has 4 heteroatoms. The minimum Gasteiger partial charge on any atom is -0.341 e. The van der Waals surface area contributed by atoms with Crippen LogP contribution in [-0.4, -0.2) is 15.3 Å². The van der Waals surface area contributed by atoms with Gasteiger partial charge >= 0.3 is 0 Å². The summed E-state index contributed by atoms with van der Waals surface area (Å²) >= 11 is 1.69. The molecule has 0 amide bonds. The highest BCUT2D eigenvalue weighted by molar-refractivity contribution is 7.09. The van der Waals surface area contributed by atoms with Crippen LogP contribution in [0.4, 0.5) is 0 Å². The Hall–Kier alpha value is -1.42. The normalized spacial score (nSPS) is 16.6. The summed E-state index contributed by atoms with van der Waals surface area (Å²) in [6.07, 6.45) is 7.60. The number of hydrogen-bond donors (Lipinski definition) is 0. The lowest BCUT2D eigenvalue weighted by Gasteiger charge is -2.21. The lowest BCUT2D eigenvalue weighted by molar-refractivity contribution is 0.0971. The Morgan fingerprint density at radius 2 is 2.39 bits per heavy atom. The molecule has 1 aliphatic rings. The van der Waals surface area contributed by atoms with Crippen molar-refractivity contribution in [2.24, 2.45) is 0 Å². The Morgan fingerprint density at radius 1 is 1.50 bits per heavy atom. The lowest BCUT2D eigenvalue weighted by atomic mass is 9.96. The van der Waals surface area contributed by atoms with Gasteiger partial charge in [-0.3, -0.25) is 4.79 Å². The first-order chi connectivity index (χ1) is 8.81. The Balaban J connectivity index is 2.04. The predicted molar refractivity (Wildman–Crippen MR) is 72.2 cm³/mol. The number of fused-ring (bicyclic) bond motifs is 1. The van der Waals surface area contributed by atoms with Crippen molar-refractivity contribution in [2.45, 2.75) is 38.6 Å². The fourth-order valence-corrected chi connectivity index (χ4v) is 3.55. The van der Waals surface area contributed by atoms with Crippen molar-refractivity contribution >= 4 is 17.1 Å². The van der Waals surface area contributed by atoms with Crippen molar-refractivity contribution in [1.29, 1.82) is 0 Å². The van der Waals surface area contributed by atoms with Crippen molar-refractivity contribution in [3.63, 3.8) is 0 Å². The quantitative estimate of drug-likeness (QED) is 0.847. The molecule has 0 spiro atoms. The molecule has 0 bridgehead atoms. The molecule has 0 N–H and O–H groups in total. The fourth-order valence-electron chi connectivity index (χ4n) is 2.73. The van der Waals surface area contributed by atoms with Crippen molar-refractivity contribution in [3.8, 4) is 0 Å². The maximum atomic E-state index is 11.9.